The maximum atomic E-state index is 11.8. The van der Waals surface area contributed by atoms with Gasteiger partial charge in [-0.15, -0.1) is 0 Å². The molecule has 1 heterocycles. The van der Waals surface area contributed by atoms with Crippen LogP contribution in [0.25, 0.3) is 0 Å². The molecule has 0 aliphatic carbocycles. The lowest BCUT2D eigenvalue weighted by Gasteiger charge is -2.34. The van der Waals surface area contributed by atoms with Gasteiger partial charge in [0.15, 0.2) is 0 Å². The van der Waals surface area contributed by atoms with Gasteiger partial charge in [-0.2, -0.15) is 0 Å². The smallest absolute Gasteiger partial charge is 0.312 e. The first-order chi connectivity index (χ1) is 7.70. The summed E-state index contributed by atoms with van der Waals surface area (Å²) in [5.41, 5.74) is 5.27. The van der Waals surface area contributed by atoms with Crippen LogP contribution in [0.5, 0.6) is 0 Å². The van der Waals surface area contributed by atoms with Gasteiger partial charge < -0.3 is 16.0 Å². The molecule has 3 N–H and O–H groups in total. The van der Waals surface area contributed by atoms with Crippen molar-refractivity contribution in [2.24, 2.45) is 5.73 Å². The maximum Gasteiger partial charge on any atom is 0.312 e. The minimum absolute atomic E-state index is 0.227. The van der Waals surface area contributed by atoms with Crippen molar-refractivity contribution in [3.05, 3.63) is 0 Å². The summed E-state index contributed by atoms with van der Waals surface area (Å²) in [7, 11) is 0. The number of carbonyl (C=O) groups excluding carboxylic acids is 2. The number of piperidine rings is 1. The summed E-state index contributed by atoms with van der Waals surface area (Å²) >= 11 is 0. The second-order valence-corrected chi connectivity index (χ2v) is 4.10. The summed E-state index contributed by atoms with van der Waals surface area (Å²) in [6.07, 6.45) is 4.06. The number of amides is 2. The Kier molecular flexibility index (Phi) is 5.25. The van der Waals surface area contributed by atoms with Crippen molar-refractivity contribution in [3.8, 4) is 0 Å². The Morgan fingerprint density at radius 3 is 2.81 bits per heavy atom. The third kappa shape index (κ3) is 3.20. The van der Waals surface area contributed by atoms with Crippen molar-refractivity contribution in [2.45, 2.75) is 38.6 Å². The number of likely N-dealkylation sites (tertiary alicyclic amines) is 1. The molecule has 0 bridgehead atoms. The van der Waals surface area contributed by atoms with Crippen molar-refractivity contribution in [1.29, 1.82) is 0 Å². The Hall–Kier alpha value is -1.10. The highest BCUT2D eigenvalue weighted by Crippen LogP contribution is 2.19. The molecule has 0 aromatic heterocycles. The Balaban J connectivity index is 2.53. The number of nitrogens with one attached hydrogen (secondary N) is 1. The van der Waals surface area contributed by atoms with Crippen molar-refractivity contribution >= 4 is 11.8 Å². The number of rotatable bonds is 3. The molecule has 16 heavy (non-hydrogen) atoms. The van der Waals surface area contributed by atoms with Crippen LogP contribution >= 0.6 is 0 Å². The van der Waals surface area contributed by atoms with Crippen molar-refractivity contribution in [3.63, 3.8) is 0 Å². The average molecular weight is 227 g/mol. The number of hydrogen-bond acceptors (Lipinski definition) is 3. The molecule has 1 aliphatic heterocycles. The standard InChI is InChI=1S/C11H21N3O2/c1-2-9-5-3-4-8-14(9)11(16)10(15)13-7-6-12/h9H,2-8,12H2,1H3,(H,13,15). The van der Waals surface area contributed by atoms with Crippen molar-refractivity contribution in [1.82, 2.24) is 10.2 Å². The Morgan fingerprint density at radius 2 is 2.19 bits per heavy atom. The zero-order valence-electron chi connectivity index (χ0n) is 9.87. The van der Waals surface area contributed by atoms with E-state index in [1.807, 2.05) is 6.92 Å². The summed E-state index contributed by atoms with van der Waals surface area (Å²) in [5, 5.41) is 2.52. The Morgan fingerprint density at radius 1 is 1.44 bits per heavy atom. The molecule has 0 saturated carbocycles. The molecule has 0 spiro atoms. The van der Waals surface area contributed by atoms with Crippen LogP contribution < -0.4 is 11.1 Å². The van der Waals surface area contributed by atoms with E-state index in [1.54, 1.807) is 4.90 Å². The fourth-order valence-corrected chi connectivity index (χ4v) is 2.08. The Labute approximate surface area is 96.4 Å². The lowest BCUT2D eigenvalue weighted by molar-refractivity contribution is -0.148. The van der Waals surface area contributed by atoms with Gasteiger partial charge in [-0.1, -0.05) is 6.92 Å². The molecule has 5 nitrogen and oxygen atoms in total. The van der Waals surface area contributed by atoms with Gasteiger partial charge in [0.25, 0.3) is 0 Å². The lowest BCUT2D eigenvalue weighted by atomic mass is 10.00. The predicted octanol–water partition coefficient (Wildman–Crippen LogP) is -0.148. The van der Waals surface area contributed by atoms with Gasteiger partial charge in [0.2, 0.25) is 0 Å². The third-order valence-corrected chi connectivity index (χ3v) is 2.98. The molecule has 2 amide bonds. The predicted molar refractivity (Wildman–Crippen MR) is 61.7 cm³/mol. The maximum absolute atomic E-state index is 11.8. The molecule has 1 aliphatic rings. The van der Waals surface area contributed by atoms with Gasteiger partial charge in [-0.25, -0.2) is 0 Å². The van der Waals surface area contributed by atoms with Gasteiger partial charge in [0.1, 0.15) is 0 Å². The summed E-state index contributed by atoms with van der Waals surface area (Å²) in [5.74, 6) is -0.925. The van der Waals surface area contributed by atoms with Crippen LogP contribution in [0, 0.1) is 0 Å². The van der Waals surface area contributed by atoms with E-state index < -0.39 is 11.8 Å². The Bertz CT molecular complexity index is 256. The SMILES string of the molecule is CCC1CCCCN1C(=O)C(=O)NCCN. The molecule has 1 unspecified atom stereocenters. The van der Waals surface area contributed by atoms with Crippen molar-refractivity contribution < 1.29 is 9.59 Å². The third-order valence-electron chi connectivity index (χ3n) is 2.98. The molecular formula is C11H21N3O2. The highest BCUT2D eigenvalue weighted by atomic mass is 16.2. The molecule has 0 radical (unpaired) electrons. The van der Waals surface area contributed by atoms with E-state index in [2.05, 4.69) is 5.32 Å². The van der Waals surface area contributed by atoms with Gasteiger partial charge in [-0.3, -0.25) is 9.59 Å². The van der Waals surface area contributed by atoms with E-state index in [-0.39, 0.29) is 6.04 Å². The molecule has 92 valence electrons. The number of nitrogens with zero attached hydrogens (tertiary/aromatic N) is 1. The zero-order chi connectivity index (χ0) is 12.0. The van der Waals surface area contributed by atoms with Crippen molar-refractivity contribution in [2.75, 3.05) is 19.6 Å². The molecule has 5 heteroatoms. The molecule has 1 atom stereocenters. The number of hydrogen-bond donors (Lipinski definition) is 2. The molecule has 0 aromatic rings. The fourth-order valence-electron chi connectivity index (χ4n) is 2.08. The van der Waals surface area contributed by atoms with Crippen LogP contribution in [0.15, 0.2) is 0 Å². The van der Waals surface area contributed by atoms with E-state index >= 15 is 0 Å². The molecule has 1 rings (SSSR count). The van der Waals surface area contributed by atoms with Gasteiger partial charge >= 0.3 is 11.8 Å². The topological polar surface area (TPSA) is 75.4 Å². The van der Waals surface area contributed by atoms with E-state index in [0.717, 1.165) is 25.7 Å². The first-order valence-electron chi connectivity index (χ1n) is 5.99. The highest BCUT2D eigenvalue weighted by Gasteiger charge is 2.29. The molecule has 1 fully saturated rings. The second kappa shape index (κ2) is 6.48. The lowest BCUT2D eigenvalue weighted by Crippen LogP contribution is -2.50. The van der Waals surface area contributed by atoms with Gasteiger partial charge in [0.05, 0.1) is 0 Å². The summed E-state index contributed by atoms with van der Waals surface area (Å²) in [4.78, 5) is 25.1. The summed E-state index contributed by atoms with van der Waals surface area (Å²) < 4.78 is 0. The normalized spacial score (nSPS) is 20.6. The second-order valence-electron chi connectivity index (χ2n) is 4.10. The van der Waals surface area contributed by atoms with Crippen LogP contribution in [-0.4, -0.2) is 42.4 Å². The van der Waals surface area contributed by atoms with Crippen LogP contribution in [-0.2, 0) is 9.59 Å². The molecule has 1 saturated heterocycles. The molecular weight excluding hydrogens is 206 g/mol. The summed E-state index contributed by atoms with van der Waals surface area (Å²) in [6, 6.07) is 0.227. The van der Waals surface area contributed by atoms with E-state index in [0.29, 0.717) is 19.6 Å². The van der Waals surface area contributed by atoms with Gasteiger partial charge in [0, 0.05) is 25.7 Å². The minimum Gasteiger partial charge on any atom is -0.347 e. The van der Waals surface area contributed by atoms with E-state index in [9.17, 15) is 9.59 Å². The fraction of sp³-hybridized carbons (Fsp3) is 0.818. The minimum atomic E-state index is -0.522. The highest BCUT2D eigenvalue weighted by molar-refractivity contribution is 6.35. The number of nitrogens with two attached hydrogens (primary N) is 1. The van der Waals surface area contributed by atoms with Gasteiger partial charge in [-0.05, 0) is 25.7 Å². The summed E-state index contributed by atoms with van der Waals surface area (Å²) in [6.45, 7) is 3.47. The first kappa shape index (κ1) is 13.0. The molecule has 0 aromatic carbocycles. The monoisotopic (exact) mass is 227 g/mol. The quantitative estimate of drug-likeness (QED) is 0.658. The number of carbonyl (C=O) groups is 2. The van der Waals surface area contributed by atoms with Crippen LogP contribution in [0.3, 0.4) is 0 Å². The largest absolute Gasteiger partial charge is 0.347 e. The van der Waals surface area contributed by atoms with Crippen LogP contribution in [0.2, 0.25) is 0 Å². The van der Waals surface area contributed by atoms with Crippen LogP contribution in [0.1, 0.15) is 32.6 Å². The van der Waals surface area contributed by atoms with Crippen LogP contribution in [0.4, 0.5) is 0 Å². The van der Waals surface area contributed by atoms with E-state index in [4.69, 9.17) is 5.73 Å². The average Bonchev–Trinajstić information content (AvgIpc) is 2.34. The van der Waals surface area contributed by atoms with E-state index in [1.165, 1.54) is 0 Å². The zero-order valence-corrected chi connectivity index (χ0v) is 9.87. The first-order valence-corrected chi connectivity index (χ1v) is 5.99.